The predicted molar refractivity (Wildman–Crippen MR) is 118 cm³/mol. The lowest BCUT2D eigenvalue weighted by atomic mass is 9.88. The number of methoxy groups -OCH3 is 1. The van der Waals surface area contributed by atoms with Gasteiger partial charge in [-0.25, -0.2) is 5.43 Å². The number of amides is 1. The van der Waals surface area contributed by atoms with Crippen LogP contribution in [0.1, 0.15) is 36.8 Å². The summed E-state index contributed by atoms with van der Waals surface area (Å²) in [6.07, 6.45) is 2.11. The van der Waals surface area contributed by atoms with Gasteiger partial charge in [-0.05, 0) is 17.5 Å². The van der Waals surface area contributed by atoms with E-state index in [-0.39, 0.29) is 5.92 Å². The van der Waals surface area contributed by atoms with Crippen LogP contribution in [0.25, 0.3) is 0 Å². The van der Waals surface area contributed by atoms with Gasteiger partial charge in [-0.3, -0.25) is 9.59 Å². The Hall–Kier alpha value is -3.16. The molecule has 0 fully saturated rings. The van der Waals surface area contributed by atoms with Crippen LogP contribution in [0.5, 0.6) is 0 Å². The molecule has 0 saturated heterocycles. The molecule has 2 aromatic rings. The molecule has 1 heterocycles. The van der Waals surface area contributed by atoms with Crippen LogP contribution in [0.4, 0.5) is 0 Å². The highest BCUT2D eigenvalue weighted by atomic mass is 16.5. The van der Waals surface area contributed by atoms with Gasteiger partial charge in [0.15, 0.2) is 11.8 Å². The molecule has 7 heteroatoms. The number of ether oxygens (including phenoxy) is 1. The molecule has 0 aliphatic carbocycles. The smallest absolute Gasteiger partial charge is 0.251 e. The van der Waals surface area contributed by atoms with Gasteiger partial charge in [-0.2, -0.15) is 0 Å². The second kappa shape index (κ2) is 10.7. The topological polar surface area (TPSA) is 90.9 Å². The maximum Gasteiger partial charge on any atom is 0.251 e. The monoisotopic (exact) mass is 423 g/mol. The Balaban J connectivity index is 2.02. The number of carbonyl (C=O) groups is 2. The third-order valence-corrected chi connectivity index (χ3v) is 5.39. The predicted octanol–water partition coefficient (Wildman–Crippen LogP) is 2.86. The first kappa shape index (κ1) is 22.5. The van der Waals surface area contributed by atoms with E-state index in [2.05, 4.69) is 10.9 Å². The zero-order valence-corrected chi connectivity index (χ0v) is 17.8. The number of hydrogen-bond donors (Lipinski definition) is 3. The fourth-order valence-electron chi connectivity index (χ4n) is 3.79. The maximum atomic E-state index is 13.5. The van der Waals surface area contributed by atoms with Crippen LogP contribution in [0.3, 0.4) is 0 Å². The zero-order valence-electron chi connectivity index (χ0n) is 17.8. The molecular formula is C24H29N3O4. The summed E-state index contributed by atoms with van der Waals surface area (Å²) < 4.78 is 5.92. The van der Waals surface area contributed by atoms with Crippen molar-refractivity contribution < 1.29 is 19.4 Å². The average Bonchev–Trinajstić information content (AvgIpc) is 2.81. The van der Waals surface area contributed by atoms with Gasteiger partial charge >= 0.3 is 0 Å². The van der Waals surface area contributed by atoms with E-state index >= 15 is 0 Å². The average molecular weight is 424 g/mol. The molecule has 0 aromatic heterocycles. The molecule has 2 aromatic carbocycles. The number of aliphatic hydroxyl groups is 1. The summed E-state index contributed by atoms with van der Waals surface area (Å²) in [5.41, 5.74) is 7.25. The Labute approximate surface area is 182 Å². The molecule has 31 heavy (non-hydrogen) atoms. The number of unbranched alkanes of at least 4 members (excludes halogenated alkanes) is 1. The summed E-state index contributed by atoms with van der Waals surface area (Å²) in [5.74, 6) is -1.86. The lowest BCUT2D eigenvalue weighted by Crippen LogP contribution is -2.60. The number of hydrazine groups is 1. The van der Waals surface area contributed by atoms with Gasteiger partial charge in [0.2, 0.25) is 5.78 Å². The van der Waals surface area contributed by atoms with E-state index in [1.807, 2.05) is 67.6 Å². The first-order valence-corrected chi connectivity index (χ1v) is 10.5. The molecular weight excluding hydrogens is 394 g/mol. The van der Waals surface area contributed by atoms with Gasteiger partial charge in [-0.15, -0.1) is 0 Å². The second-order valence-corrected chi connectivity index (χ2v) is 7.43. The maximum absolute atomic E-state index is 13.5. The minimum atomic E-state index is -1.23. The number of Topliss-reactive ketones (excluding diaryl/α,β-unsaturated/α-hetero) is 1. The van der Waals surface area contributed by atoms with E-state index in [1.54, 1.807) is 12.0 Å². The highest BCUT2D eigenvalue weighted by molar-refractivity contribution is 6.12. The van der Waals surface area contributed by atoms with Crippen LogP contribution in [-0.4, -0.2) is 47.6 Å². The first-order valence-electron chi connectivity index (χ1n) is 10.5. The summed E-state index contributed by atoms with van der Waals surface area (Å²) >= 11 is 0. The summed E-state index contributed by atoms with van der Waals surface area (Å²) in [7, 11) is 1.57. The van der Waals surface area contributed by atoms with Crippen molar-refractivity contribution in [1.29, 1.82) is 0 Å². The number of benzene rings is 2. The van der Waals surface area contributed by atoms with Crippen molar-refractivity contribution in [3.63, 3.8) is 0 Å². The third kappa shape index (κ3) is 5.13. The molecule has 164 valence electrons. The minimum absolute atomic E-state index is 0.260. The summed E-state index contributed by atoms with van der Waals surface area (Å²) in [4.78, 5) is 27.6. The number of carbonyl (C=O) groups excluding carboxylic acids is 2. The fourth-order valence-corrected chi connectivity index (χ4v) is 3.79. The van der Waals surface area contributed by atoms with E-state index in [0.29, 0.717) is 6.54 Å². The van der Waals surface area contributed by atoms with Crippen molar-refractivity contribution in [2.45, 2.75) is 38.0 Å². The van der Waals surface area contributed by atoms with Gasteiger partial charge in [0, 0.05) is 13.7 Å². The molecule has 0 radical (unpaired) electrons. The number of nitrogens with one attached hydrogen (secondary N) is 2. The number of aliphatic hydroxyl groups excluding tert-OH is 1. The van der Waals surface area contributed by atoms with Crippen LogP contribution in [0.15, 0.2) is 72.6 Å². The van der Waals surface area contributed by atoms with Crippen molar-refractivity contribution in [1.82, 2.24) is 15.8 Å². The standard InChI is InChI=1S/C24H29N3O4/c1-3-4-15-27(23(30)21-22(29)19(28)16-25-26-21)24(31-2)20(17-11-7-5-8-12-17)18-13-9-6-10-14-18/h5-14,16,20-21,24-26,28H,3-4,15H2,1-2H3. The number of hydrogen-bond acceptors (Lipinski definition) is 6. The van der Waals surface area contributed by atoms with Gasteiger partial charge < -0.3 is 20.2 Å². The molecule has 3 N–H and O–H groups in total. The Bertz CT molecular complexity index is 862. The second-order valence-electron chi connectivity index (χ2n) is 7.43. The van der Waals surface area contributed by atoms with Crippen LogP contribution in [-0.2, 0) is 14.3 Å². The fraction of sp³-hybridized carbons (Fsp3) is 0.333. The Kier molecular flexibility index (Phi) is 7.81. The molecule has 2 atom stereocenters. The number of nitrogens with zero attached hydrogens (tertiary/aromatic N) is 1. The highest BCUT2D eigenvalue weighted by Gasteiger charge is 2.40. The van der Waals surface area contributed by atoms with Crippen LogP contribution in [0, 0.1) is 0 Å². The van der Waals surface area contributed by atoms with Crippen LogP contribution in [0.2, 0.25) is 0 Å². The van der Waals surface area contributed by atoms with Crippen molar-refractivity contribution >= 4 is 11.7 Å². The van der Waals surface area contributed by atoms with Crippen molar-refractivity contribution in [3.8, 4) is 0 Å². The normalized spacial score (nSPS) is 17.1. The number of ketones is 1. The largest absolute Gasteiger partial charge is 0.503 e. The van der Waals surface area contributed by atoms with Crippen LogP contribution >= 0.6 is 0 Å². The molecule has 0 spiro atoms. The molecule has 1 aliphatic heterocycles. The van der Waals surface area contributed by atoms with Crippen molar-refractivity contribution in [3.05, 3.63) is 83.7 Å². The van der Waals surface area contributed by atoms with Gasteiger partial charge in [0.1, 0.15) is 6.23 Å². The Morgan fingerprint density at radius 3 is 2.19 bits per heavy atom. The summed E-state index contributed by atoms with van der Waals surface area (Å²) in [6.45, 7) is 2.45. The lowest BCUT2D eigenvalue weighted by Gasteiger charge is -2.38. The SMILES string of the molecule is CCCCN(C(=O)C1NNC=C(O)C1=O)C(OC)C(c1ccccc1)c1ccccc1. The molecule has 7 nitrogen and oxygen atoms in total. The lowest BCUT2D eigenvalue weighted by molar-refractivity contribution is -0.150. The highest BCUT2D eigenvalue weighted by Crippen LogP contribution is 2.32. The minimum Gasteiger partial charge on any atom is -0.503 e. The Morgan fingerprint density at radius 2 is 1.68 bits per heavy atom. The molecule has 1 aliphatic rings. The van der Waals surface area contributed by atoms with E-state index in [4.69, 9.17) is 4.74 Å². The molecule has 2 unspecified atom stereocenters. The van der Waals surface area contributed by atoms with E-state index < -0.39 is 29.7 Å². The first-order chi connectivity index (χ1) is 15.1. The molecule has 0 bridgehead atoms. The van der Waals surface area contributed by atoms with Crippen LogP contribution < -0.4 is 10.9 Å². The Morgan fingerprint density at radius 1 is 1.10 bits per heavy atom. The van der Waals surface area contributed by atoms with Crippen molar-refractivity contribution in [2.75, 3.05) is 13.7 Å². The van der Waals surface area contributed by atoms with E-state index in [9.17, 15) is 14.7 Å². The van der Waals surface area contributed by atoms with Gasteiger partial charge in [0.05, 0.1) is 12.1 Å². The van der Waals surface area contributed by atoms with E-state index in [1.165, 1.54) is 0 Å². The third-order valence-electron chi connectivity index (χ3n) is 5.39. The van der Waals surface area contributed by atoms with Gasteiger partial charge in [-0.1, -0.05) is 74.0 Å². The molecule has 1 amide bonds. The van der Waals surface area contributed by atoms with Gasteiger partial charge in [0.25, 0.3) is 5.91 Å². The molecule has 0 saturated carbocycles. The summed E-state index contributed by atoms with van der Waals surface area (Å²) in [5, 5.41) is 9.82. The van der Waals surface area contributed by atoms with E-state index in [0.717, 1.165) is 30.2 Å². The molecule has 3 rings (SSSR count). The van der Waals surface area contributed by atoms with Crippen molar-refractivity contribution in [2.24, 2.45) is 0 Å². The number of rotatable bonds is 9. The summed E-state index contributed by atoms with van der Waals surface area (Å²) in [6, 6.07) is 18.5. The zero-order chi connectivity index (χ0) is 22.2. The quantitative estimate of drug-likeness (QED) is 0.424.